The Morgan fingerprint density at radius 3 is 2.33 bits per heavy atom. The summed E-state index contributed by atoms with van der Waals surface area (Å²) in [4.78, 5) is 22.0. The summed E-state index contributed by atoms with van der Waals surface area (Å²) in [6.07, 6.45) is -0.413. The first-order valence-corrected chi connectivity index (χ1v) is 5.52. The minimum absolute atomic E-state index is 0.413. The minimum atomic E-state index is -1.12. The third-order valence-corrected chi connectivity index (χ3v) is 2.88. The zero-order chi connectivity index (χ0) is 13.1. The number of fused-ring (bicyclic) bond motifs is 1. The molecule has 4 heteroatoms. The molecule has 4 nitrogen and oxygen atoms in total. The highest BCUT2D eigenvalue weighted by Crippen LogP contribution is 2.28. The van der Waals surface area contributed by atoms with Crippen LogP contribution in [0.1, 0.15) is 17.9 Å². The fourth-order valence-corrected chi connectivity index (χ4v) is 2.06. The van der Waals surface area contributed by atoms with Gasteiger partial charge in [0, 0.05) is 0 Å². The highest BCUT2D eigenvalue weighted by atomic mass is 16.4. The molecule has 2 aromatic carbocycles. The van der Waals surface area contributed by atoms with E-state index in [-0.39, 0.29) is 0 Å². The number of hydrogen-bond acceptors (Lipinski definition) is 2. The Morgan fingerprint density at radius 1 is 1.00 bits per heavy atom. The molecular weight excluding hydrogens is 232 g/mol. The van der Waals surface area contributed by atoms with Crippen molar-refractivity contribution in [3.63, 3.8) is 0 Å². The van der Waals surface area contributed by atoms with Crippen LogP contribution in [-0.4, -0.2) is 22.2 Å². The van der Waals surface area contributed by atoms with Gasteiger partial charge in [0.1, 0.15) is 0 Å². The number of benzene rings is 2. The van der Waals surface area contributed by atoms with Crippen LogP contribution in [0.3, 0.4) is 0 Å². The summed E-state index contributed by atoms with van der Waals surface area (Å²) in [6, 6.07) is 12.6. The van der Waals surface area contributed by atoms with Crippen LogP contribution in [0, 0.1) is 0 Å². The Kier molecular flexibility index (Phi) is 3.28. The average Bonchev–Trinajstić information content (AvgIpc) is 2.35. The first kappa shape index (κ1) is 12.1. The predicted molar refractivity (Wildman–Crippen MR) is 66.6 cm³/mol. The van der Waals surface area contributed by atoms with E-state index in [1.165, 1.54) is 0 Å². The first-order chi connectivity index (χ1) is 8.59. The summed E-state index contributed by atoms with van der Waals surface area (Å²) in [6.45, 7) is 0. The second-order valence-electron chi connectivity index (χ2n) is 4.06. The maximum Gasteiger partial charge on any atom is 0.311 e. The van der Waals surface area contributed by atoms with E-state index in [0.717, 1.165) is 10.8 Å². The summed E-state index contributed by atoms with van der Waals surface area (Å²) >= 11 is 0. The molecule has 0 aliphatic rings. The van der Waals surface area contributed by atoms with Gasteiger partial charge in [-0.05, 0) is 16.3 Å². The van der Waals surface area contributed by atoms with Gasteiger partial charge in [-0.3, -0.25) is 9.59 Å². The number of carbonyl (C=O) groups is 2. The molecule has 92 valence electrons. The fourth-order valence-electron chi connectivity index (χ4n) is 2.06. The van der Waals surface area contributed by atoms with Gasteiger partial charge in [0.25, 0.3) is 0 Å². The van der Waals surface area contributed by atoms with Gasteiger partial charge in [0.05, 0.1) is 12.3 Å². The van der Waals surface area contributed by atoms with Gasteiger partial charge in [0.15, 0.2) is 0 Å². The van der Waals surface area contributed by atoms with Gasteiger partial charge >= 0.3 is 11.9 Å². The van der Waals surface area contributed by atoms with Crippen LogP contribution >= 0.6 is 0 Å². The smallest absolute Gasteiger partial charge is 0.311 e. The summed E-state index contributed by atoms with van der Waals surface area (Å²) in [7, 11) is 0. The normalized spacial score (nSPS) is 12.2. The van der Waals surface area contributed by atoms with E-state index in [4.69, 9.17) is 5.11 Å². The maximum absolute atomic E-state index is 11.2. The minimum Gasteiger partial charge on any atom is -0.481 e. The van der Waals surface area contributed by atoms with Crippen LogP contribution in [-0.2, 0) is 9.59 Å². The van der Waals surface area contributed by atoms with Crippen LogP contribution in [0.2, 0.25) is 0 Å². The van der Waals surface area contributed by atoms with Crippen molar-refractivity contribution in [1.82, 2.24) is 0 Å². The lowest BCUT2D eigenvalue weighted by atomic mass is 9.91. The van der Waals surface area contributed by atoms with Crippen molar-refractivity contribution in [3.8, 4) is 0 Å². The van der Waals surface area contributed by atoms with E-state index in [9.17, 15) is 14.7 Å². The highest BCUT2D eigenvalue weighted by molar-refractivity contribution is 5.92. The quantitative estimate of drug-likeness (QED) is 0.866. The molecule has 2 rings (SSSR count). The average molecular weight is 244 g/mol. The van der Waals surface area contributed by atoms with Crippen molar-refractivity contribution in [2.24, 2.45) is 0 Å². The lowest BCUT2D eigenvalue weighted by Crippen LogP contribution is -2.16. The van der Waals surface area contributed by atoms with Crippen molar-refractivity contribution >= 4 is 22.7 Å². The van der Waals surface area contributed by atoms with Crippen LogP contribution in [0.15, 0.2) is 42.5 Å². The molecule has 0 spiro atoms. The molecule has 0 amide bonds. The Bertz CT molecular complexity index is 598. The Labute approximate surface area is 103 Å². The standard InChI is InChI=1S/C14H12O4/c15-13(16)8-12(14(17)18)11-7-3-5-9-4-1-2-6-10(9)11/h1-7,12H,8H2,(H,15,16)(H,17,18). The maximum atomic E-state index is 11.2. The molecular formula is C14H12O4. The molecule has 2 N–H and O–H groups in total. The molecule has 1 unspecified atom stereocenters. The molecule has 0 aliphatic heterocycles. The summed E-state index contributed by atoms with van der Waals surface area (Å²) in [5.74, 6) is -3.25. The second-order valence-corrected chi connectivity index (χ2v) is 4.06. The van der Waals surface area contributed by atoms with E-state index >= 15 is 0 Å². The van der Waals surface area contributed by atoms with E-state index in [1.807, 2.05) is 30.3 Å². The van der Waals surface area contributed by atoms with Gasteiger partial charge in [-0.25, -0.2) is 0 Å². The molecule has 1 atom stereocenters. The van der Waals surface area contributed by atoms with E-state index in [2.05, 4.69) is 0 Å². The first-order valence-electron chi connectivity index (χ1n) is 5.52. The lowest BCUT2D eigenvalue weighted by Gasteiger charge is -2.13. The van der Waals surface area contributed by atoms with Crippen LogP contribution in [0.4, 0.5) is 0 Å². The summed E-state index contributed by atoms with van der Waals surface area (Å²) in [5.41, 5.74) is 0.544. The van der Waals surface area contributed by atoms with Crippen molar-refractivity contribution in [2.75, 3.05) is 0 Å². The SMILES string of the molecule is O=C(O)CC(C(=O)O)c1cccc2ccccc12. The largest absolute Gasteiger partial charge is 0.481 e. The molecule has 18 heavy (non-hydrogen) atoms. The van der Waals surface area contributed by atoms with Crippen molar-refractivity contribution < 1.29 is 19.8 Å². The lowest BCUT2D eigenvalue weighted by molar-refractivity contribution is -0.145. The molecule has 2 aromatic rings. The molecule has 0 radical (unpaired) electrons. The highest BCUT2D eigenvalue weighted by Gasteiger charge is 2.24. The number of carboxylic acids is 2. The Hall–Kier alpha value is -2.36. The second kappa shape index (κ2) is 4.87. The molecule has 0 bridgehead atoms. The monoisotopic (exact) mass is 244 g/mol. The molecule has 0 aliphatic carbocycles. The van der Waals surface area contributed by atoms with Crippen molar-refractivity contribution in [1.29, 1.82) is 0 Å². The Morgan fingerprint density at radius 2 is 1.67 bits per heavy atom. The van der Waals surface area contributed by atoms with E-state index in [0.29, 0.717) is 5.56 Å². The van der Waals surface area contributed by atoms with E-state index in [1.54, 1.807) is 12.1 Å². The zero-order valence-corrected chi connectivity index (χ0v) is 9.54. The van der Waals surface area contributed by atoms with Crippen molar-refractivity contribution in [3.05, 3.63) is 48.0 Å². The van der Waals surface area contributed by atoms with Crippen LogP contribution < -0.4 is 0 Å². The number of aliphatic carboxylic acids is 2. The third kappa shape index (κ3) is 2.32. The molecule has 0 saturated heterocycles. The summed E-state index contributed by atoms with van der Waals surface area (Å²) in [5, 5.41) is 19.7. The topological polar surface area (TPSA) is 74.6 Å². The summed E-state index contributed by atoms with van der Waals surface area (Å²) < 4.78 is 0. The van der Waals surface area contributed by atoms with Gasteiger partial charge in [-0.2, -0.15) is 0 Å². The number of rotatable bonds is 4. The number of carboxylic acid groups (broad SMARTS) is 2. The van der Waals surface area contributed by atoms with Gasteiger partial charge < -0.3 is 10.2 Å². The fraction of sp³-hybridized carbons (Fsp3) is 0.143. The van der Waals surface area contributed by atoms with Gasteiger partial charge in [-0.1, -0.05) is 42.5 Å². The van der Waals surface area contributed by atoms with Crippen molar-refractivity contribution in [2.45, 2.75) is 12.3 Å². The zero-order valence-electron chi connectivity index (χ0n) is 9.54. The number of hydrogen-bond donors (Lipinski definition) is 2. The Balaban J connectivity index is 2.57. The van der Waals surface area contributed by atoms with Crippen LogP contribution in [0.5, 0.6) is 0 Å². The molecule has 0 saturated carbocycles. The third-order valence-electron chi connectivity index (χ3n) is 2.88. The predicted octanol–water partition coefficient (Wildman–Crippen LogP) is 2.48. The van der Waals surface area contributed by atoms with E-state index < -0.39 is 24.3 Å². The van der Waals surface area contributed by atoms with Gasteiger partial charge in [-0.15, -0.1) is 0 Å². The van der Waals surface area contributed by atoms with Gasteiger partial charge in [0.2, 0.25) is 0 Å². The van der Waals surface area contributed by atoms with Crippen LogP contribution in [0.25, 0.3) is 10.8 Å². The molecule has 0 heterocycles. The molecule has 0 aromatic heterocycles. The molecule has 0 fully saturated rings.